The summed E-state index contributed by atoms with van der Waals surface area (Å²) in [4.78, 5) is 4.31. The Morgan fingerprint density at radius 1 is 0.852 bits per heavy atom. The van der Waals surface area contributed by atoms with E-state index >= 15 is 0 Å². The third-order valence-corrected chi connectivity index (χ3v) is 4.34. The second kappa shape index (κ2) is 9.33. The van der Waals surface area contributed by atoms with Gasteiger partial charge in [0.1, 0.15) is 5.75 Å². The molecule has 0 spiro atoms. The van der Waals surface area contributed by atoms with E-state index in [1.54, 1.807) is 6.20 Å². The zero-order valence-electron chi connectivity index (χ0n) is 16.0. The quantitative estimate of drug-likeness (QED) is 0.618. The molecule has 0 fully saturated rings. The van der Waals surface area contributed by atoms with Crippen LogP contribution in [0.2, 0.25) is 0 Å². The van der Waals surface area contributed by atoms with Gasteiger partial charge in [-0.1, -0.05) is 68.4 Å². The second-order valence-electron chi connectivity index (χ2n) is 7.36. The highest BCUT2D eigenvalue weighted by Gasteiger charge is 2.09. The van der Waals surface area contributed by atoms with Crippen molar-refractivity contribution >= 4 is 0 Å². The van der Waals surface area contributed by atoms with Crippen LogP contribution in [0, 0.1) is 5.92 Å². The van der Waals surface area contributed by atoms with E-state index in [4.69, 9.17) is 4.74 Å². The number of aliphatic hydroxyl groups excluding tert-OH is 1. The minimum Gasteiger partial charge on any atom is -0.492 e. The maximum absolute atomic E-state index is 10.5. The number of aliphatic hydroxyl groups is 1. The van der Waals surface area contributed by atoms with Gasteiger partial charge in [0, 0.05) is 11.8 Å². The monoisotopic (exact) mass is 361 g/mol. The summed E-state index contributed by atoms with van der Waals surface area (Å²) in [6, 6.07) is 20.4. The number of aromatic nitrogens is 1. The van der Waals surface area contributed by atoms with Crippen molar-refractivity contribution < 1.29 is 9.84 Å². The molecule has 0 radical (unpaired) electrons. The molecular formula is C24H27NO2. The van der Waals surface area contributed by atoms with Crippen molar-refractivity contribution in [2.75, 3.05) is 6.61 Å². The van der Waals surface area contributed by atoms with Gasteiger partial charge in [-0.2, -0.15) is 0 Å². The van der Waals surface area contributed by atoms with Crippen molar-refractivity contribution in [2.24, 2.45) is 5.92 Å². The van der Waals surface area contributed by atoms with Crippen LogP contribution in [0.5, 0.6) is 5.75 Å². The molecule has 140 valence electrons. The van der Waals surface area contributed by atoms with Crippen LogP contribution in [0.3, 0.4) is 0 Å². The summed E-state index contributed by atoms with van der Waals surface area (Å²) in [5.74, 6) is 1.26. The molecule has 3 nitrogen and oxygen atoms in total. The average molecular weight is 361 g/mol. The van der Waals surface area contributed by atoms with Crippen LogP contribution in [0.4, 0.5) is 0 Å². The molecule has 1 N–H and O–H groups in total. The van der Waals surface area contributed by atoms with Crippen LogP contribution in [-0.4, -0.2) is 22.8 Å². The Morgan fingerprint density at radius 2 is 1.59 bits per heavy atom. The van der Waals surface area contributed by atoms with Crippen molar-refractivity contribution in [3.63, 3.8) is 0 Å². The summed E-state index contributed by atoms with van der Waals surface area (Å²) in [6.45, 7) is 4.93. The van der Waals surface area contributed by atoms with Gasteiger partial charge in [-0.05, 0) is 41.5 Å². The van der Waals surface area contributed by atoms with Gasteiger partial charge >= 0.3 is 0 Å². The predicted molar refractivity (Wildman–Crippen MR) is 110 cm³/mol. The standard InChI is InChI=1S/C24H27NO2/c1-18(2)17-27-24-14-22(15-25-16-24)21-10-6-9-20(11-21)13-23(26)12-19-7-4-3-5-8-19/h3-11,14-16,18,23,26H,12-13,17H2,1-2H3. The summed E-state index contributed by atoms with van der Waals surface area (Å²) < 4.78 is 5.79. The van der Waals surface area contributed by atoms with E-state index in [0.717, 1.165) is 28.0 Å². The summed E-state index contributed by atoms with van der Waals surface area (Å²) in [7, 11) is 0. The summed E-state index contributed by atoms with van der Waals surface area (Å²) in [5, 5.41) is 10.5. The first-order chi connectivity index (χ1) is 13.1. The fourth-order valence-corrected chi connectivity index (χ4v) is 3.03. The van der Waals surface area contributed by atoms with Gasteiger partial charge in [0.05, 0.1) is 18.9 Å². The van der Waals surface area contributed by atoms with Crippen molar-refractivity contribution in [1.82, 2.24) is 4.98 Å². The van der Waals surface area contributed by atoms with Crippen LogP contribution in [0.15, 0.2) is 73.1 Å². The van der Waals surface area contributed by atoms with E-state index < -0.39 is 6.10 Å². The maximum atomic E-state index is 10.5. The second-order valence-corrected chi connectivity index (χ2v) is 7.36. The topological polar surface area (TPSA) is 42.4 Å². The Balaban J connectivity index is 1.69. The summed E-state index contributed by atoms with van der Waals surface area (Å²) in [5.41, 5.74) is 4.38. The molecular weight excluding hydrogens is 334 g/mol. The molecule has 2 aromatic carbocycles. The lowest BCUT2D eigenvalue weighted by Gasteiger charge is -2.13. The smallest absolute Gasteiger partial charge is 0.138 e. The molecule has 3 aromatic rings. The van der Waals surface area contributed by atoms with Gasteiger partial charge in [0.25, 0.3) is 0 Å². The molecule has 0 bridgehead atoms. The summed E-state index contributed by atoms with van der Waals surface area (Å²) >= 11 is 0. The molecule has 0 aliphatic heterocycles. The van der Waals surface area contributed by atoms with Crippen LogP contribution in [0.25, 0.3) is 11.1 Å². The molecule has 3 heteroatoms. The average Bonchev–Trinajstić information content (AvgIpc) is 2.67. The molecule has 0 aliphatic carbocycles. The third kappa shape index (κ3) is 5.93. The molecule has 0 saturated carbocycles. The Morgan fingerprint density at radius 3 is 2.37 bits per heavy atom. The first kappa shape index (κ1) is 19.1. The molecule has 0 amide bonds. The highest BCUT2D eigenvalue weighted by Crippen LogP contribution is 2.24. The van der Waals surface area contributed by atoms with Gasteiger partial charge in [-0.3, -0.25) is 4.98 Å². The molecule has 3 rings (SSSR count). The first-order valence-corrected chi connectivity index (χ1v) is 9.49. The number of pyridine rings is 1. The molecule has 0 aliphatic rings. The minimum atomic E-state index is -0.401. The van der Waals surface area contributed by atoms with Gasteiger partial charge < -0.3 is 9.84 Å². The highest BCUT2D eigenvalue weighted by atomic mass is 16.5. The van der Waals surface area contributed by atoms with Crippen LogP contribution in [0.1, 0.15) is 25.0 Å². The van der Waals surface area contributed by atoms with Crippen LogP contribution in [-0.2, 0) is 12.8 Å². The van der Waals surface area contributed by atoms with E-state index in [2.05, 4.69) is 37.0 Å². The molecule has 1 heterocycles. The van der Waals surface area contributed by atoms with Gasteiger partial charge in [0.15, 0.2) is 0 Å². The van der Waals surface area contributed by atoms with E-state index in [-0.39, 0.29) is 0 Å². The van der Waals surface area contributed by atoms with Gasteiger partial charge in [-0.25, -0.2) is 0 Å². The minimum absolute atomic E-state index is 0.401. The van der Waals surface area contributed by atoms with Crippen LogP contribution >= 0.6 is 0 Å². The van der Waals surface area contributed by atoms with E-state index in [0.29, 0.717) is 25.4 Å². The Hall–Kier alpha value is -2.65. The predicted octanol–water partition coefficient (Wildman–Crippen LogP) is 4.93. The number of hydrogen-bond acceptors (Lipinski definition) is 3. The van der Waals surface area contributed by atoms with E-state index in [9.17, 15) is 5.11 Å². The number of benzene rings is 2. The zero-order chi connectivity index (χ0) is 19.1. The largest absolute Gasteiger partial charge is 0.492 e. The van der Waals surface area contributed by atoms with Gasteiger partial charge in [0.2, 0.25) is 0 Å². The molecule has 1 aromatic heterocycles. The van der Waals surface area contributed by atoms with E-state index in [1.165, 1.54) is 0 Å². The fraction of sp³-hybridized carbons (Fsp3) is 0.292. The number of rotatable bonds is 8. The lowest BCUT2D eigenvalue weighted by Crippen LogP contribution is -2.13. The summed E-state index contributed by atoms with van der Waals surface area (Å²) in [6.07, 6.45) is 4.48. The SMILES string of the molecule is CC(C)COc1cncc(-c2cccc(CC(O)Cc3ccccc3)c2)c1. The lowest BCUT2D eigenvalue weighted by atomic mass is 9.98. The number of ether oxygens (including phenoxy) is 1. The molecule has 27 heavy (non-hydrogen) atoms. The van der Waals surface area contributed by atoms with Crippen molar-refractivity contribution in [1.29, 1.82) is 0 Å². The van der Waals surface area contributed by atoms with E-state index in [1.807, 2.05) is 48.7 Å². The lowest BCUT2D eigenvalue weighted by molar-refractivity contribution is 0.175. The molecule has 1 atom stereocenters. The molecule has 1 unspecified atom stereocenters. The van der Waals surface area contributed by atoms with Crippen LogP contribution < -0.4 is 4.74 Å². The Labute approximate surface area is 161 Å². The Bertz CT molecular complexity index is 846. The maximum Gasteiger partial charge on any atom is 0.138 e. The number of nitrogens with zero attached hydrogens (tertiary/aromatic N) is 1. The zero-order valence-corrected chi connectivity index (χ0v) is 16.0. The van der Waals surface area contributed by atoms with Crippen molar-refractivity contribution in [2.45, 2.75) is 32.8 Å². The first-order valence-electron chi connectivity index (χ1n) is 9.49. The fourth-order valence-electron chi connectivity index (χ4n) is 3.03. The normalized spacial score (nSPS) is 12.1. The third-order valence-electron chi connectivity index (χ3n) is 4.34. The highest BCUT2D eigenvalue weighted by molar-refractivity contribution is 5.64. The Kier molecular flexibility index (Phi) is 6.61. The van der Waals surface area contributed by atoms with Crippen molar-refractivity contribution in [3.05, 3.63) is 84.2 Å². The molecule has 0 saturated heterocycles. The van der Waals surface area contributed by atoms with Crippen molar-refractivity contribution in [3.8, 4) is 16.9 Å². The van der Waals surface area contributed by atoms with Gasteiger partial charge in [-0.15, -0.1) is 0 Å². The number of hydrogen-bond donors (Lipinski definition) is 1.